The second kappa shape index (κ2) is 7.21. The van der Waals surface area contributed by atoms with Gasteiger partial charge < -0.3 is 9.64 Å². The van der Waals surface area contributed by atoms with Gasteiger partial charge in [-0.1, -0.05) is 6.92 Å². The number of hydrogen-bond acceptors (Lipinski definition) is 5. The number of hydrogen-bond donors (Lipinski definition) is 0. The molecule has 1 aromatic rings. The fourth-order valence-corrected chi connectivity index (χ4v) is 4.55. The molecule has 0 bridgehead atoms. The molecule has 0 aliphatic carbocycles. The Morgan fingerprint density at radius 1 is 1.14 bits per heavy atom. The number of urea groups is 1. The lowest BCUT2D eigenvalue weighted by Crippen LogP contribution is -2.52. The number of fused-ring (bicyclic) bond motifs is 1. The third kappa shape index (κ3) is 3.28. The number of imide groups is 2. The molecule has 1 fully saturated rings. The molecule has 2 heterocycles. The van der Waals surface area contributed by atoms with Crippen molar-refractivity contribution in [3.63, 3.8) is 0 Å². The van der Waals surface area contributed by atoms with Crippen molar-refractivity contribution in [1.29, 1.82) is 0 Å². The molecule has 0 saturated carbocycles. The van der Waals surface area contributed by atoms with Crippen LogP contribution in [0.3, 0.4) is 0 Å². The van der Waals surface area contributed by atoms with E-state index in [1.807, 2.05) is 12.1 Å². The summed E-state index contributed by atoms with van der Waals surface area (Å²) in [5.41, 5.74) is 2.90. The summed E-state index contributed by atoms with van der Waals surface area (Å²) < 4.78 is 5.61. The first kappa shape index (κ1) is 20.9. The van der Waals surface area contributed by atoms with E-state index in [0.717, 1.165) is 34.0 Å². The monoisotopic (exact) mass is 399 g/mol. The van der Waals surface area contributed by atoms with Crippen LogP contribution in [-0.4, -0.2) is 60.9 Å². The van der Waals surface area contributed by atoms with Crippen molar-refractivity contribution in [3.8, 4) is 5.75 Å². The van der Waals surface area contributed by atoms with E-state index in [0.29, 0.717) is 17.2 Å². The van der Waals surface area contributed by atoms with Gasteiger partial charge in [-0.25, -0.2) is 4.79 Å². The number of rotatable bonds is 3. The molecule has 29 heavy (non-hydrogen) atoms. The van der Waals surface area contributed by atoms with Crippen molar-refractivity contribution in [2.24, 2.45) is 0 Å². The van der Waals surface area contributed by atoms with Crippen LogP contribution in [0.25, 0.3) is 6.08 Å². The van der Waals surface area contributed by atoms with Gasteiger partial charge in [0.1, 0.15) is 11.3 Å². The molecular weight excluding hydrogens is 370 g/mol. The molecule has 0 aromatic heterocycles. The van der Waals surface area contributed by atoms with Gasteiger partial charge in [0, 0.05) is 43.5 Å². The summed E-state index contributed by atoms with van der Waals surface area (Å²) in [6.07, 6.45) is 2.53. The van der Waals surface area contributed by atoms with Crippen molar-refractivity contribution >= 4 is 29.6 Å². The number of nitrogens with zero attached hydrogens (tertiary/aromatic N) is 3. The maximum atomic E-state index is 12.6. The molecule has 7 nitrogen and oxygen atoms in total. The zero-order valence-electron chi connectivity index (χ0n) is 18.2. The van der Waals surface area contributed by atoms with Gasteiger partial charge in [-0.15, -0.1) is 0 Å². The fourth-order valence-electron chi connectivity index (χ4n) is 4.55. The summed E-state index contributed by atoms with van der Waals surface area (Å²) >= 11 is 0. The Kier molecular flexibility index (Phi) is 5.19. The predicted molar refractivity (Wildman–Crippen MR) is 112 cm³/mol. The average molecular weight is 399 g/mol. The largest absolute Gasteiger partial charge is 0.496 e. The minimum atomic E-state index is -0.635. The summed E-state index contributed by atoms with van der Waals surface area (Å²) in [5, 5.41) is 0. The van der Waals surface area contributed by atoms with Crippen molar-refractivity contribution < 1.29 is 19.1 Å². The normalized spacial score (nSPS) is 21.5. The van der Waals surface area contributed by atoms with E-state index in [1.54, 1.807) is 7.11 Å². The number of carbonyl (C=O) groups excluding carboxylic acids is 3. The lowest BCUT2D eigenvalue weighted by Gasteiger charge is -2.47. The van der Waals surface area contributed by atoms with Crippen LogP contribution in [0.5, 0.6) is 5.75 Å². The first-order chi connectivity index (χ1) is 13.5. The molecule has 2 aliphatic heterocycles. The highest BCUT2D eigenvalue weighted by Gasteiger charge is 2.39. The summed E-state index contributed by atoms with van der Waals surface area (Å²) in [5.74, 6) is -0.317. The highest BCUT2D eigenvalue weighted by atomic mass is 16.5. The average Bonchev–Trinajstić information content (AvgIpc) is 2.67. The lowest BCUT2D eigenvalue weighted by atomic mass is 9.79. The summed E-state index contributed by atoms with van der Waals surface area (Å²) in [7, 11) is 4.31. The SMILES string of the molecule is CCN1c2cc(OC)c(C=C3C(=O)N(C)C(=O)N(C)C3=O)cc2C(C)CC1(C)C. The van der Waals surface area contributed by atoms with Crippen LogP contribution < -0.4 is 9.64 Å². The van der Waals surface area contributed by atoms with Gasteiger partial charge in [0.25, 0.3) is 11.8 Å². The molecule has 156 valence electrons. The Hall–Kier alpha value is -2.83. The smallest absolute Gasteiger partial charge is 0.333 e. The van der Waals surface area contributed by atoms with E-state index < -0.39 is 17.8 Å². The predicted octanol–water partition coefficient (Wildman–Crippen LogP) is 3.24. The molecule has 3 rings (SSSR count). The molecule has 0 radical (unpaired) electrons. The fraction of sp³-hybridized carbons (Fsp3) is 0.500. The van der Waals surface area contributed by atoms with Crippen LogP contribution in [0.2, 0.25) is 0 Å². The first-order valence-corrected chi connectivity index (χ1v) is 9.84. The van der Waals surface area contributed by atoms with Crippen LogP contribution in [0.1, 0.15) is 51.2 Å². The number of ether oxygens (including phenoxy) is 1. The van der Waals surface area contributed by atoms with Crippen molar-refractivity contribution in [3.05, 3.63) is 28.8 Å². The maximum Gasteiger partial charge on any atom is 0.333 e. The second-order valence-electron chi connectivity index (χ2n) is 8.38. The number of likely N-dealkylation sites (N-methyl/N-ethyl adjacent to an activating group) is 2. The zero-order valence-corrected chi connectivity index (χ0v) is 18.2. The number of methoxy groups -OCH3 is 1. The summed E-state index contributed by atoms with van der Waals surface area (Å²) in [6.45, 7) is 9.66. The summed E-state index contributed by atoms with van der Waals surface area (Å²) in [4.78, 5) is 41.4. The van der Waals surface area contributed by atoms with Crippen LogP contribution in [0, 0.1) is 0 Å². The molecule has 1 saturated heterocycles. The standard InChI is InChI=1S/C22H29N3O4/c1-8-25-17-11-18(29-7)14(9-15(17)13(2)12-22(25,3)4)10-16-19(26)23(5)21(28)24(6)20(16)27/h9-11,13H,8,12H2,1-7H3. The molecule has 1 unspecified atom stereocenters. The molecular formula is C22H29N3O4. The Bertz CT molecular complexity index is 893. The van der Waals surface area contributed by atoms with Crippen LogP contribution in [0.4, 0.5) is 10.5 Å². The number of benzene rings is 1. The third-order valence-corrected chi connectivity index (χ3v) is 6.00. The lowest BCUT2D eigenvalue weighted by molar-refractivity contribution is -0.134. The Labute approximate surface area is 171 Å². The highest BCUT2D eigenvalue weighted by Crippen LogP contribution is 2.46. The maximum absolute atomic E-state index is 12.6. The van der Waals surface area contributed by atoms with Crippen LogP contribution in [-0.2, 0) is 9.59 Å². The Morgan fingerprint density at radius 2 is 1.72 bits per heavy atom. The van der Waals surface area contributed by atoms with E-state index in [1.165, 1.54) is 20.2 Å². The third-order valence-electron chi connectivity index (χ3n) is 6.00. The molecule has 7 heteroatoms. The number of amides is 4. The van der Waals surface area contributed by atoms with E-state index in [4.69, 9.17) is 4.74 Å². The van der Waals surface area contributed by atoms with Gasteiger partial charge in [-0.2, -0.15) is 0 Å². The molecule has 0 spiro atoms. The minimum Gasteiger partial charge on any atom is -0.496 e. The first-order valence-electron chi connectivity index (χ1n) is 9.84. The van der Waals surface area contributed by atoms with E-state index in [9.17, 15) is 14.4 Å². The molecule has 2 aliphatic rings. The molecule has 1 atom stereocenters. The van der Waals surface area contributed by atoms with Gasteiger partial charge in [-0.05, 0) is 50.8 Å². The van der Waals surface area contributed by atoms with Crippen LogP contribution >= 0.6 is 0 Å². The minimum absolute atomic E-state index is 0.0211. The van der Waals surface area contributed by atoms with Crippen LogP contribution in [0.15, 0.2) is 17.7 Å². The number of carbonyl (C=O) groups is 3. The Morgan fingerprint density at radius 3 is 2.24 bits per heavy atom. The van der Waals surface area contributed by atoms with E-state index >= 15 is 0 Å². The van der Waals surface area contributed by atoms with Gasteiger partial charge >= 0.3 is 6.03 Å². The van der Waals surface area contributed by atoms with Crippen molar-refractivity contribution in [1.82, 2.24) is 9.80 Å². The molecule has 1 aromatic carbocycles. The van der Waals surface area contributed by atoms with Crippen molar-refractivity contribution in [2.45, 2.75) is 45.6 Å². The number of anilines is 1. The number of barbiturate groups is 1. The molecule has 4 amide bonds. The van der Waals surface area contributed by atoms with Gasteiger partial charge in [-0.3, -0.25) is 19.4 Å². The Balaban J connectivity index is 2.16. The highest BCUT2D eigenvalue weighted by molar-refractivity contribution is 6.30. The summed E-state index contributed by atoms with van der Waals surface area (Å²) in [6, 6.07) is 3.35. The van der Waals surface area contributed by atoms with Gasteiger partial charge in [0.05, 0.1) is 7.11 Å². The van der Waals surface area contributed by atoms with Gasteiger partial charge in [0.2, 0.25) is 0 Å². The zero-order chi connectivity index (χ0) is 21.7. The molecule has 0 N–H and O–H groups in total. The topological polar surface area (TPSA) is 70.2 Å². The van der Waals surface area contributed by atoms with E-state index in [2.05, 4.69) is 32.6 Å². The van der Waals surface area contributed by atoms with Crippen molar-refractivity contribution in [2.75, 3.05) is 32.6 Å². The quantitative estimate of drug-likeness (QED) is 0.576. The van der Waals surface area contributed by atoms with E-state index in [-0.39, 0.29) is 11.1 Å². The second-order valence-corrected chi connectivity index (χ2v) is 8.38. The van der Waals surface area contributed by atoms with Gasteiger partial charge in [0.15, 0.2) is 0 Å².